The smallest absolute Gasteiger partial charge is 0.357 e. The van der Waals surface area contributed by atoms with Gasteiger partial charge in [0, 0.05) is 11.8 Å². The summed E-state index contributed by atoms with van der Waals surface area (Å²) in [7, 11) is 1.07. The molecule has 0 fully saturated rings. The number of nitrogens with zero attached hydrogens (tertiary/aromatic N) is 2. The van der Waals surface area contributed by atoms with Gasteiger partial charge < -0.3 is 4.74 Å². The highest BCUT2D eigenvalue weighted by atomic mass is 19.3. The van der Waals surface area contributed by atoms with Crippen LogP contribution in [0.3, 0.4) is 0 Å². The summed E-state index contributed by atoms with van der Waals surface area (Å²) in [5, 5.41) is 0. The van der Waals surface area contributed by atoms with Gasteiger partial charge in [-0.3, -0.25) is 4.98 Å². The maximum absolute atomic E-state index is 12.5. The van der Waals surface area contributed by atoms with Crippen LogP contribution in [0, 0.1) is 6.57 Å². The Morgan fingerprint density at radius 1 is 1.67 bits per heavy atom. The average Bonchev–Trinajstić information content (AvgIpc) is 2.27. The van der Waals surface area contributed by atoms with Crippen molar-refractivity contribution < 1.29 is 18.3 Å². The molecule has 0 amide bonds. The Labute approximate surface area is 84.3 Å². The van der Waals surface area contributed by atoms with Gasteiger partial charge in [0.1, 0.15) is 0 Å². The number of ether oxygens (including phenoxy) is 1. The maximum Gasteiger partial charge on any atom is 0.357 e. The summed E-state index contributed by atoms with van der Waals surface area (Å²) >= 11 is 0. The van der Waals surface area contributed by atoms with E-state index in [4.69, 9.17) is 6.57 Å². The first kappa shape index (κ1) is 11.0. The molecule has 0 aliphatic heterocycles. The van der Waals surface area contributed by atoms with E-state index in [1.807, 2.05) is 0 Å². The molecule has 0 saturated heterocycles. The molecule has 6 heteroatoms. The highest BCUT2D eigenvalue weighted by Gasteiger charge is 2.20. The van der Waals surface area contributed by atoms with E-state index in [9.17, 15) is 13.6 Å². The van der Waals surface area contributed by atoms with Crippen LogP contribution >= 0.6 is 0 Å². The molecule has 0 bridgehead atoms. The van der Waals surface area contributed by atoms with Crippen molar-refractivity contribution in [3.63, 3.8) is 0 Å². The lowest BCUT2D eigenvalue weighted by Crippen LogP contribution is -2.08. The van der Waals surface area contributed by atoms with Crippen LogP contribution in [0.2, 0.25) is 0 Å². The Balaban J connectivity index is 3.28. The normalized spacial score (nSPS) is 9.80. The second-order valence-electron chi connectivity index (χ2n) is 2.54. The molecule has 0 N–H and O–H groups in total. The number of halogens is 2. The van der Waals surface area contributed by atoms with E-state index >= 15 is 0 Å². The van der Waals surface area contributed by atoms with E-state index in [0.717, 1.165) is 19.4 Å². The van der Waals surface area contributed by atoms with Gasteiger partial charge in [-0.15, -0.1) is 0 Å². The second-order valence-corrected chi connectivity index (χ2v) is 2.54. The van der Waals surface area contributed by atoms with Crippen LogP contribution in [0.4, 0.5) is 14.5 Å². The number of aromatic nitrogens is 1. The van der Waals surface area contributed by atoms with Crippen molar-refractivity contribution in [1.29, 1.82) is 0 Å². The molecule has 78 valence electrons. The highest BCUT2D eigenvalue weighted by molar-refractivity contribution is 5.89. The summed E-state index contributed by atoms with van der Waals surface area (Å²) in [6.45, 7) is 6.63. The number of methoxy groups -OCH3 is 1. The molecular weight excluding hydrogens is 206 g/mol. The van der Waals surface area contributed by atoms with Crippen molar-refractivity contribution >= 4 is 11.7 Å². The van der Waals surface area contributed by atoms with Gasteiger partial charge in [-0.05, 0) is 6.07 Å². The molecule has 4 nitrogen and oxygen atoms in total. The number of pyridine rings is 1. The quantitative estimate of drug-likeness (QED) is 0.558. The van der Waals surface area contributed by atoms with Gasteiger partial charge in [-0.2, -0.15) is 0 Å². The molecule has 0 aromatic carbocycles. The third-order valence-corrected chi connectivity index (χ3v) is 1.65. The molecular formula is C9H6F2N2O2. The zero-order valence-corrected chi connectivity index (χ0v) is 7.70. The van der Waals surface area contributed by atoms with Crippen molar-refractivity contribution in [2.75, 3.05) is 7.11 Å². The van der Waals surface area contributed by atoms with Gasteiger partial charge in [0.15, 0.2) is 5.69 Å². The molecule has 1 aromatic rings. The van der Waals surface area contributed by atoms with Gasteiger partial charge in [0.25, 0.3) is 6.43 Å². The number of carbonyl (C=O) groups is 1. The third-order valence-electron chi connectivity index (χ3n) is 1.65. The lowest BCUT2D eigenvalue weighted by atomic mass is 10.2. The van der Waals surface area contributed by atoms with Crippen LogP contribution in [0.5, 0.6) is 0 Å². The first-order valence-electron chi connectivity index (χ1n) is 3.84. The first-order chi connectivity index (χ1) is 7.10. The van der Waals surface area contributed by atoms with Crippen molar-refractivity contribution in [3.8, 4) is 0 Å². The largest absolute Gasteiger partial charge is 0.464 e. The minimum Gasteiger partial charge on any atom is -0.464 e. The minimum absolute atomic E-state index is 0.0436. The predicted octanol–water partition coefficient (Wildman–Crippen LogP) is 2.36. The molecule has 0 radical (unpaired) electrons. The number of hydrogen-bond donors (Lipinski definition) is 0. The van der Waals surface area contributed by atoms with Crippen LogP contribution < -0.4 is 0 Å². The van der Waals surface area contributed by atoms with E-state index in [1.54, 1.807) is 0 Å². The minimum atomic E-state index is -2.87. The van der Waals surface area contributed by atoms with E-state index in [0.29, 0.717) is 0 Å². The van der Waals surface area contributed by atoms with Crippen molar-refractivity contribution in [2.45, 2.75) is 6.43 Å². The molecule has 0 saturated carbocycles. The van der Waals surface area contributed by atoms with Crippen molar-refractivity contribution in [3.05, 3.63) is 34.9 Å². The van der Waals surface area contributed by atoms with Crippen LogP contribution in [0.25, 0.3) is 4.85 Å². The number of rotatable bonds is 2. The molecule has 0 atom stereocenters. The summed E-state index contributed by atoms with van der Waals surface area (Å²) in [4.78, 5) is 17.5. The molecule has 0 spiro atoms. The molecule has 1 aromatic heterocycles. The Morgan fingerprint density at radius 2 is 2.33 bits per heavy atom. The molecule has 1 heterocycles. The van der Waals surface area contributed by atoms with E-state index in [-0.39, 0.29) is 5.69 Å². The highest BCUT2D eigenvalue weighted by Crippen LogP contribution is 2.26. The molecule has 1 rings (SSSR count). The van der Waals surface area contributed by atoms with E-state index < -0.39 is 23.7 Å². The molecule has 0 aliphatic rings. The molecule has 0 unspecified atom stereocenters. The summed E-state index contributed by atoms with van der Waals surface area (Å²) in [5.41, 5.74) is -1.09. The van der Waals surface area contributed by atoms with Crippen LogP contribution in [0.1, 0.15) is 22.5 Å². The Hall–Kier alpha value is -2.03. The zero-order chi connectivity index (χ0) is 11.4. The SMILES string of the molecule is [C-]#[N+]c1cnc(C(=O)OC)c(C(F)F)c1. The number of hydrogen-bond acceptors (Lipinski definition) is 3. The first-order valence-corrected chi connectivity index (χ1v) is 3.84. The van der Waals surface area contributed by atoms with E-state index in [2.05, 4.69) is 14.6 Å². The van der Waals surface area contributed by atoms with Gasteiger partial charge in [-0.25, -0.2) is 18.4 Å². The Bertz CT molecular complexity index is 427. The van der Waals surface area contributed by atoms with Gasteiger partial charge in [-0.1, -0.05) is 0 Å². The topological polar surface area (TPSA) is 43.5 Å². The van der Waals surface area contributed by atoms with E-state index in [1.165, 1.54) is 0 Å². The molecule has 0 aliphatic carbocycles. The van der Waals surface area contributed by atoms with Crippen LogP contribution in [-0.4, -0.2) is 18.1 Å². The van der Waals surface area contributed by atoms with Crippen LogP contribution in [-0.2, 0) is 4.74 Å². The third kappa shape index (κ3) is 2.26. The summed E-state index contributed by atoms with van der Waals surface area (Å²) in [6.07, 6.45) is -1.82. The maximum atomic E-state index is 12.5. The Kier molecular flexibility index (Phi) is 3.29. The van der Waals surface area contributed by atoms with Crippen molar-refractivity contribution in [2.24, 2.45) is 0 Å². The fraction of sp³-hybridized carbons (Fsp3) is 0.222. The number of carbonyl (C=O) groups excluding carboxylic acids is 1. The van der Waals surface area contributed by atoms with Gasteiger partial charge >= 0.3 is 5.97 Å². The fourth-order valence-corrected chi connectivity index (χ4v) is 0.965. The fourth-order valence-electron chi connectivity index (χ4n) is 0.965. The predicted molar refractivity (Wildman–Crippen MR) is 46.8 cm³/mol. The zero-order valence-electron chi connectivity index (χ0n) is 7.70. The van der Waals surface area contributed by atoms with Gasteiger partial charge in [0.05, 0.1) is 13.7 Å². The van der Waals surface area contributed by atoms with Gasteiger partial charge in [0.2, 0.25) is 5.69 Å². The average molecular weight is 212 g/mol. The molecule has 15 heavy (non-hydrogen) atoms. The second kappa shape index (κ2) is 4.46. The lowest BCUT2D eigenvalue weighted by molar-refractivity contribution is 0.0581. The van der Waals surface area contributed by atoms with Crippen molar-refractivity contribution in [1.82, 2.24) is 4.98 Å². The standard InChI is InChI=1S/C9H6F2N2O2/c1-12-5-3-6(8(10)11)7(13-4-5)9(14)15-2/h3-4,8H,2H3. The lowest BCUT2D eigenvalue weighted by Gasteiger charge is -2.05. The number of esters is 1. The summed E-state index contributed by atoms with van der Waals surface area (Å²) < 4.78 is 29.3. The Morgan fingerprint density at radius 3 is 2.80 bits per heavy atom. The van der Waals surface area contributed by atoms with Crippen LogP contribution in [0.15, 0.2) is 12.3 Å². The summed E-state index contributed by atoms with van der Waals surface area (Å²) in [5.74, 6) is -0.943. The summed E-state index contributed by atoms with van der Waals surface area (Å²) in [6, 6.07) is 0.928. The number of alkyl halides is 2. The monoisotopic (exact) mass is 212 g/mol.